The average Bonchev–Trinajstić information content (AvgIpc) is 3.43. The zero-order chi connectivity index (χ0) is 28.3. The predicted octanol–water partition coefficient (Wildman–Crippen LogP) is 1.36. The van der Waals surface area contributed by atoms with Gasteiger partial charge in [-0.15, -0.1) is 0 Å². The lowest BCUT2D eigenvalue weighted by Crippen LogP contribution is -2.54. The molecule has 15 heteroatoms. The number of rotatable bonds is 10. The number of hydrogen-bond donors (Lipinski definition) is 3. The Labute approximate surface area is 227 Å². The molecule has 4 rings (SSSR count). The van der Waals surface area contributed by atoms with E-state index < -0.39 is 48.8 Å². The van der Waals surface area contributed by atoms with Gasteiger partial charge in [0, 0.05) is 12.1 Å². The van der Waals surface area contributed by atoms with Crippen LogP contribution in [0.4, 0.5) is 15.9 Å². The summed E-state index contributed by atoms with van der Waals surface area (Å²) in [6.07, 6.45) is -5.49. The summed E-state index contributed by atoms with van der Waals surface area (Å²) in [5, 5.41) is 10.5. The second kappa shape index (κ2) is 11.7. The molecule has 2 aromatic heterocycles. The third kappa shape index (κ3) is 5.59. The molecule has 1 fully saturated rings. The molecule has 0 saturated carbocycles. The summed E-state index contributed by atoms with van der Waals surface area (Å²) in [5.74, 6) is -2.06. The third-order valence-electron chi connectivity index (χ3n) is 6.10. The lowest BCUT2D eigenvalue weighted by molar-refractivity contribution is -0.197. The molecule has 0 aliphatic carbocycles. The molecule has 0 radical (unpaired) electrons. The van der Waals surface area contributed by atoms with E-state index in [1.807, 2.05) is 0 Å². The first-order valence-corrected chi connectivity index (χ1v) is 12.4. The van der Waals surface area contributed by atoms with Gasteiger partial charge in [-0.1, -0.05) is 12.1 Å². The van der Waals surface area contributed by atoms with Crippen LogP contribution >= 0.6 is 11.6 Å². The number of aliphatic hydroxyl groups is 1. The number of esters is 2. The Morgan fingerprint density at radius 1 is 1.21 bits per heavy atom. The number of hydrogen-bond acceptors (Lipinski definition) is 12. The van der Waals surface area contributed by atoms with Crippen molar-refractivity contribution in [1.29, 1.82) is 0 Å². The highest BCUT2D eigenvalue weighted by Gasteiger charge is 2.53. The number of carbonyl (C=O) groups excluding carboxylic acids is 2. The van der Waals surface area contributed by atoms with Crippen molar-refractivity contribution in [2.24, 2.45) is 0 Å². The Hall–Kier alpha value is -3.59. The van der Waals surface area contributed by atoms with E-state index in [0.717, 1.165) is 0 Å². The molecule has 39 heavy (non-hydrogen) atoms. The number of nitrogen functional groups attached to an aromatic ring is 2. The molecule has 5 N–H and O–H groups in total. The fourth-order valence-corrected chi connectivity index (χ4v) is 4.44. The Bertz CT molecular complexity index is 1340. The molecule has 0 amide bonds. The number of nitrogens with zero attached hydrogens (tertiary/aromatic N) is 4. The number of alkyl halides is 1. The minimum Gasteiger partial charge on any atom is -0.463 e. The first-order chi connectivity index (χ1) is 18.6. The molecule has 4 atom stereocenters. The highest BCUT2D eigenvalue weighted by Crippen LogP contribution is 2.35. The van der Waals surface area contributed by atoms with Gasteiger partial charge in [-0.2, -0.15) is 9.97 Å². The van der Waals surface area contributed by atoms with Crippen LogP contribution in [0.1, 0.15) is 25.6 Å². The van der Waals surface area contributed by atoms with Crippen LogP contribution in [0.25, 0.3) is 11.2 Å². The molecule has 210 valence electrons. The second-order valence-electron chi connectivity index (χ2n) is 8.70. The zero-order valence-corrected chi connectivity index (χ0v) is 21.9. The lowest BCUT2D eigenvalue weighted by Gasteiger charge is -2.30. The van der Waals surface area contributed by atoms with E-state index in [0.29, 0.717) is 11.3 Å². The van der Waals surface area contributed by atoms with Gasteiger partial charge in [0.2, 0.25) is 5.28 Å². The zero-order valence-electron chi connectivity index (χ0n) is 21.1. The number of aromatic nitrogens is 4. The molecule has 13 nitrogen and oxygen atoms in total. The van der Waals surface area contributed by atoms with Crippen molar-refractivity contribution >= 4 is 46.2 Å². The SMILES string of the molecule is CCOC(=O)C(Cc1cccc(N)c1)(OC[C@H]1O[C@@H](n2cnc3c(N)nc(Cl)nc32)[C@@H](F)[C@@H]1O)C(=O)OCC. The van der Waals surface area contributed by atoms with Crippen LogP contribution in [0.3, 0.4) is 0 Å². The summed E-state index contributed by atoms with van der Waals surface area (Å²) in [7, 11) is 0. The van der Waals surface area contributed by atoms with Crippen molar-refractivity contribution in [2.75, 3.05) is 31.3 Å². The van der Waals surface area contributed by atoms with Crippen LogP contribution in [0.2, 0.25) is 5.28 Å². The number of halogens is 2. The highest BCUT2D eigenvalue weighted by atomic mass is 35.5. The van der Waals surface area contributed by atoms with E-state index in [1.165, 1.54) is 10.9 Å². The van der Waals surface area contributed by atoms with Crippen molar-refractivity contribution in [1.82, 2.24) is 19.5 Å². The van der Waals surface area contributed by atoms with E-state index in [4.69, 9.17) is 42.0 Å². The normalized spacial score (nSPS) is 21.3. The van der Waals surface area contributed by atoms with Gasteiger partial charge in [0.05, 0.1) is 26.1 Å². The summed E-state index contributed by atoms with van der Waals surface area (Å²) in [6.45, 7) is 2.43. The molecule has 1 aliphatic heterocycles. The molecule has 3 aromatic rings. The maximum Gasteiger partial charge on any atom is 0.350 e. The van der Waals surface area contributed by atoms with Crippen LogP contribution < -0.4 is 11.5 Å². The van der Waals surface area contributed by atoms with E-state index in [-0.39, 0.29) is 41.9 Å². The van der Waals surface area contributed by atoms with E-state index in [9.17, 15) is 14.7 Å². The maximum absolute atomic E-state index is 15.3. The molecule has 0 unspecified atom stereocenters. The van der Waals surface area contributed by atoms with Crippen molar-refractivity contribution in [3.8, 4) is 0 Å². The van der Waals surface area contributed by atoms with Gasteiger partial charge >= 0.3 is 11.9 Å². The molecule has 1 saturated heterocycles. The first-order valence-electron chi connectivity index (χ1n) is 12.1. The largest absolute Gasteiger partial charge is 0.463 e. The molecular weight excluding hydrogens is 539 g/mol. The second-order valence-corrected chi connectivity index (χ2v) is 9.04. The van der Waals surface area contributed by atoms with Crippen molar-refractivity contribution in [3.05, 3.63) is 41.4 Å². The summed E-state index contributed by atoms with van der Waals surface area (Å²) < 4.78 is 38.5. The number of carbonyl (C=O) groups is 2. The van der Waals surface area contributed by atoms with Crippen LogP contribution in [0.5, 0.6) is 0 Å². The molecule has 1 aliphatic rings. The van der Waals surface area contributed by atoms with Gasteiger partial charge in [-0.3, -0.25) is 4.57 Å². The lowest BCUT2D eigenvalue weighted by atomic mass is 9.93. The summed E-state index contributed by atoms with van der Waals surface area (Å²) >= 11 is 5.90. The summed E-state index contributed by atoms with van der Waals surface area (Å²) in [5.41, 5.74) is 10.5. The number of benzene rings is 1. The number of imidazole rings is 1. The van der Waals surface area contributed by atoms with Gasteiger partial charge < -0.3 is 35.5 Å². The average molecular weight is 567 g/mol. The number of fused-ring (bicyclic) bond motifs is 1. The van der Waals surface area contributed by atoms with Gasteiger partial charge in [0.25, 0.3) is 5.60 Å². The van der Waals surface area contributed by atoms with Gasteiger partial charge in [0.1, 0.15) is 17.7 Å². The number of aliphatic hydroxyl groups excluding tert-OH is 1. The van der Waals surface area contributed by atoms with E-state index in [1.54, 1.807) is 38.1 Å². The standard InChI is InChI=1S/C24H28ClFN6O7/c1-3-36-21(34)24(22(35)37-4-2,9-12-6-5-7-13(27)8-12)38-10-14-17(33)15(26)20(39-14)32-11-29-16-18(28)30-23(25)31-19(16)32/h5-8,11,14-15,17,20,33H,3-4,9-10,27H2,1-2H3,(H2,28,30,31)/t14-,15+,17-,20-/m1/s1. The Balaban J connectivity index is 1.63. The summed E-state index contributed by atoms with van der Waals surface area (Å²) in [6, 6.07) is 6.49. The minimum absolute atomic E-state index is 0.0206. The van der Waals surface area contributed by atoms with Crippen LogP contribution in [-0.4, -0.2) is 80.4 Å². The van der Waals surface area contributed by atoms with E-state index in [2.05, 4.69) is 15.0 Å². The molecule has 1 aromatic carbocycles. The van der Waals surface area contributed by atoms with Gasteiger partial charge in [-0.05, 0) is 43.1 Å². The monoisotopic (exact) mass is 566 g/mol. The predicted molar refractivity (Wildman–Crippen MR) is 136 cm³/mol. The van der Waals surface area contributed by atoms with Crippen LogP contribution in [-0.2, 0) is 35.0 Å². The number of anilines is 2. The number of ether oxygens (including phenoxy) is 4. The topological polar surface area (TPSA) is 187 Å². The van der Waals surface area contributed by atoms with Crippen LogP contribution in [0.15, 0.2) is 30.6 Å². The fraction of sp³-hybridized carbons (Fsp3) is 0.458. The van der Waals surface area contributed by atoms with Crippen molar-refractivity contribution in [2.45, 2.75) is 50.5 Å². The smallest absolute Gasteiger partial charge is 0.350 e. The minimum atomic E-state index is -2.29. The van der Waals surface area contributed by atoms with Crippen molar-refractivity contribution in [3.63, 3.8) is 0 Å². The number of nitrogens with two attached hydrogens (primary N) is 2. The summed E-state index contributed by atoms with van der Waals surface area (Å²) in [4.78, 5) is 38.3. The van der Waals surface area contributed by atoms with Crippen LogP contribution in [0, 0.1) is 0 Å². The molecular formula is C24H28ClFN6O7. The molecule has 0 spiro atoms. The highest BCUT2D eigenvalue weighted by molar-refractivity contribution is 6.28. The molecule has 0 bridgehead atoms. The quantitative estimate of drug-likeness (QED) is 0.139. The maximum atomic E-state index is 15.3. The fourth-order valence-electron chi connectivity index (χ4n) is 4.27. The molecule has 3 heterocycles. The van der Waals surface area contributed by atoms with E-state index >= 15 is 4.39 Å². The van der Waals surface area contributed by atoms with Gasteiger partial charge in [-0.25, -0.2) is 19.0 Å². The Kier molecular flexibility index (Phi) is 8.49. The Morgan fingerprint density at radius 3 is 2.54 bits per heavy atom. The Morgan fingerprint density at radius 2 is 1.90 bits per heavy atom. The third-order valence-corrected chi connectivity index (χ3v) is 6.27. The van der Waals surface area contributed by atoms with Gasteiger partial charge in [0.15, 0.2) is 23.9 Å². The van der Waals surface area contributed by atoms with Crippen molar-refractivity contribution < 1.29 is 38.0 Å². The first kappa shape index (κ1) is 28.4.